The van der Waals surface area contributed by atoms with E-state index in [-0.39, 0.29) is 0 Å². The fourth-order valence-electron chi connectivity index (χ4n) is 2.81. The zero-order valence-electron chi connectivity index (χ0n) is 26.1. The zero-order chi connectivity index (χ0) is 30.3. The van der Waals surface area contributed by atoms with Crippen molar-refractivity contribution in [2.24, 2.45) is 0 Å². The number of rotatable bonds is 39. The highest BCUT2D eigenvalue weighted by atomic mass is 16.6. The minimum Gasteiger partial charge on any atom is -0.382 e. The van der Waals surface area contributed by atoms with Gasteiger partial charge < -0.3 is 66.3 Å². The molecule has 0 saturated heterocycles. The van der Waals surface area contributed by atoms with Crippen molar-refractivity contribution in [3.05, 3.63) is 0 Å². The lowest BCUT2D eigenvalue weighted by atomic mass is 10.6. The van der Waals surface area contributed by atoms with Crippen LogP contribution in [0.15, 0.2) is 0 Å². The lowest BCUT2D eigenvalue weighted by Crippen LogP contribution is -2.15. The molecule has 0 atom stereocenters. The number of hydrogen-bond donors (Lipinski definition) is 0. The summed E-state index contributed by atoms with van der Waals surface area (Å²) in [5.41, 5.74) is 0. The average Bonchev–Trinajstić information content (AvgIpc) is 3.00. The molecule has 0 amide bonds. The van der Waals surface area contributed by atoms with Crippen LogP contribution in [0.2, 0.25) is 0 Å². The second kappa shape index (κ2) is 40.4. The van der Waals surface area contributed by atoms with Gasteiger partial charge in [0.1, 0.15) is 0 Å². The fourth-order valence-corrected chi connectivity index (χ4v) is 2.81. The normalized spacial score (nSPS) is 11.6. The van der Waals surface area contributed by atoms with E-state index in [4.69, 9.17) is 66.3 Å². The molecule has 14 nitrogen and oxygen atoms in total. The smallest absolute Gasteiger partial charge is 0.0701 e. The van der Waals surface area contributed by atoms with Crippen molar-refractivity contribution >= 4 is 0 Å². The SMILES string of the molecule is COCCOCCOCCOCCOCCOCCOCCOCCOCCOCCOCCOCCOCCOC. The molecular formula is C28H58O14. The largest absolute Gasteiger partial charge is 0.382 e. The third-order valence-corrected chi connectivity index (χ3v) is 4.96. The summed E-state index contributed by atoms with van der Waals surface area (Å²) in [5, 5.41) is 0. The lowest BCUT2D eigenvalue weighted by Gasteiger charge is -2.09. The van der Waals surface area contributed by atoms with Crippen LogP contribution in [0.4, 0.5) is 0 Å². The zero-order valence-corrected chi connectivity index (χ0v) is 26.1. The van der Waals surface area contributed by atoms with Crippen molar-refractivity contribution in [3.8, 4) is 0 Å². The van der Waals surface area contributed by atoms with E-state index in [0.29, 0.717) is 172 Å². The summed E-state index contributed by atoms with van der Waals surface area (Å²) in [6.07, 6.45) is 0. The molecule has 0 aliphatic rings. The van der Waals surface area contributed by atoms with Crippen molar-refractivity contribution in [2.75, 3.05) is 186 Å². The minimum atomic E-state index is 0.512. The number of ether oxygens (including phenoxy) is 14. The molecule has 0 aliphatic heterocycles. The quantitative estimate of drug-likeness (QED) is 0.0886. The first-order chi connectivity index (χ1) is 20.9. The van der Waals surface area contributed by atoms with E-state index in [2.05, 4.69) is 0 Å². The maximum absolute atomic E-state index is 5.47. The molecule has 0 aliphatic carbocycles. The Kier molecular flexibility index (Phi) is 39.9. The number of methoxy groups -OCH3 is 2. The Morgan fingerprint density at radius 2 is 0.262 bits per heavy atom. The summed E-state index contributed by atoms with van der Waals surface area (Å²) in [6, 6.07) is 0. The summed E-state index contributed by atoms with van der Waals surface area (Å²) in [7, 11) is 3.29. The third-order valence-electron chi connectivity index (χ3n) is 4.96. The Labute approximate surface area is 252 Å². The maximum Gasteiger partial charge on any atom is 0.0701 e. The van der Waals surface area contributed by atoms with E-state index in [0.717, 1.165) is 0 Å². The van der Waals surface area contributed by atoms with Crippen LogP contribution in [-0.4, -0.2) is 186 Å². The van der Waals surface area contributed by atoms with Crippen molar-refractivity contribution in [2.45, 2.75) is 0 Å². The molecule has 0 unspecified atom stereocenters. The molecule has 0 fully saturated rings. The van der Waals surface area contributed by atoms with E-state index in [1.165, 1.54) is 0 Å². The first-order valence-corrected chi connectivity index (χ1v) is 14.8. The molecule has 0 aromatic carbocycles. The highest BCUT2D eigenvalue weighted by molar-refractivity contribution is 4.39. The Bertz CT molecular complexity index is 424. The molecule has 254 valence electrons. The van der Waals surface area contributed by atoms with Gasteiger partial charge >= 0.3 is 0 Å². The Balaban J connectivity index is 3.02. The molecule has 0 aromatic rings. The summed E-state index contributed by atoms with van der Waals surface area (Å²) in [6.45, 7) is 13.9. The van der Waals surface area contributed by atoms with Crippen LogP contribution in [0.25, 0.3) is 0 Å². The van der Waals surface area contributed by atoms with Crippen LogP contribution in [0.1, 0.15) is 0 Å². The van der Waals surface area contributed by atoms with E-state index in [9.17, 15) is 0 Å². The van der Waals surface area contributed by atoms with Crippen LogP contribution in [0.5, 0.6) is 0 Å². The molecule has 0 saturated carbocycles. The van der Waals surface area contributed by atoms with Gasteiger partial charge in [-0.05, 0) is 0 Å². The summed E-state index contributed by atoms with van der Waals surface area (Å²) in [4.78, 5) is 0. The Morgan fingerprint density at radius 3 is 0.357 bits per heavy atom. The van der Waals surface area contributed by atoms with Gasteiger partial charge in [0.05, 0.1) is 172 Å². The Morgan fingerprint density at radius 1 is 0.167 bits per heavy atom. The van der Waals surface area contributed by atoms with Gasteiger partial charge in [0.25, 0.3) is 0 Å². The molecular weight excluding hydrogens is 560 g/mol. The van der Waals surface area contributed by atoms with Crippen molar-refractivity contribution in [3.63, 3.8) is 0 Å². The van der Waals surface area contributed by atoms with Crippen LogP contribution < -0.4 is 0 Å². The molecule has 0 heterocycles. The summed E-state index contributed by atoms with van der Waals surface area (Å²) < 4.78 is 74.8. The van der Waals surface area contributed by atoms with Gasteiger partial charge in [0.15, 0.2) is 0 Å². The molecule has 0 spiro atoms. The molecule has 0 N–H and O–H groups in total. The fraction of sp³-hybridized carbons (Fsp3) is 1.00. The van der Waals surface area contributed by atoms with E-state index < -0.39 is 0 Å². The van der Waals surface area contributed by atoms with Gasteiger partial charge in [0, 0.05) is 14.2 Å². The number of hydrogen-bond acceptors (Lipinski definition) is 14. The predicted molar refractivity (Wildman–Crippen MR) is 154 cm³/mol. The Hall–Kier alpha value is -0.560. The van der Waals surface area contributed by atoms with Crippen molar-refractivity contribution < 1.29 is 66.3 Å². The van der Waals surface area contributed by atoms with E-state index in [1.54, 1.807) is 14.2 Å². The topological polar surface area (TPSA) is 129 Å². The van der Waals surface area contributed by atoms with Gasteiger partial charge in [0.2, 0.25) is 0 Å². The third kappa shape index (κ3) is 39.4. The van der Waals surface area contributed by atoms with E-state index in [1.807, 2.05) is 0 Å². The lowest BCUT2D eigenvalue weighted by molar-refractivity contribution is -0.0291. The second-order valence-corrected chi connectivity index (χ2v) is 8.33. The molecule has 0 aromatic heterocycles. The summed E-state index contributed by atoms with van der Waals surface area (Å²) >= 11 is 0. The molecule has 14 heteroatoms. The minimum absolute atomic E-state index is 0.512. The van der Waals surface area contributed by atoms with Gasteiger partial charge in [-0.2, -0.15) is 0 Å². The average molecular weight is 619 g/mol. The van der Waals surface area contributed by atoms with E-state index >= 15 is 0 Å². The first-order valence-electron chi connectivity index (χ1n) is 14.8. The van der Waals surface area contributed by atoms with Crippen LogP contribution in [-0.2, 0) is 66.3 Å². The molecule has 0 bridgehead atoms. The van der Waals surface area contributed by atoms with Crippen LogP contribution >= 0.6 is 0 Å². The monoisotopic (exact) mass is 618 g/mol. The molecule has 0 rings (SSSR count). The van der Waals surface area contributed by atoms with Crippen molar-refractivity contribution in [1.29, 1.82) is 0 Å². The predicted octanol–water partition coefficient (Wildman–Crippen LogP) is 0.478. The highest BCUT2D eigenvalue weighted by Crippen LogP contribution is 1.87. The standard InChI is InChI=1S/C28H58O14/c1-29-3-5-31-7-9-33-11-13-35-15-17-37-19-21-39-23-25-41-27-28-42-26-24-40-22-20-38-18-16-36-14-12-34-10-8-32-6-4-30-2/h3-28H2,1-2H3. The van der Waals surface area contributed by atoms with Crippen molar-refractivity contribution in [1.82, 2.24) is 0 Å². The van der Waals surface area contributed by atoms with Gasteiger partial charge in [-0.25, -0.2) is 0 Å². The highest BCUT2D eigenvalue weighted by Gasteiger charge is 1.96. The molecule has 42 heavy (non-hydrogen) atoms. The van der Waals surface area contributed by atoms with Gasteiger partial charge in [-0.3, -0.25) is 0 Å². The molecule has 0 radical (unpaired) electrons. The first kappa shape index (κ1) is 41.4. The van der Waals surface area contributed by atoms with Crippen LogP contribution in [0, 0.1) is 0 Å². The second-order valence-electron chi connectivity index (χ2n) is 8.33. The van der Waals surface area contributed by atoms with Crippen LogP contribution in [0.3, 0.4) is 0 Å². The summed E-state index contributed by atoms with van der Waals surface area (Å²) in [5.74, 6) is 0. The van der Waals surface area contributed by atoms with Gasteiger partial charge in [-0.1, -0.05) is 0 Å². The maximum atomic E-state index is 5.47. The van der Waals surface area contributed by atoms with Gasteiger partial charge in [-0.15, -0.1) is 0 Å².